The molecule has 10 nitrogen and oxygen atoms in total. The van der Waals surface area contributed by atoms with E-state index in [0.29, 0.717) is 11.3 Å². The number of aromatic nitrogens is 2. The minimum atomic E-state index is -1.22. The van der Waals surface area contributed by atoms with Crippen molar-refractivity contribution >= 4 is 34.4 Å². The number of aliphatic imine (C=N–C) groups is 1. The lowest BCUT2D eigenvalue weighted by molar-refractivity contribution is -0.122. The molecule has 1 fully saturated rings. The first-order valence-corrected chi connectivity index (χ1v) is 11.0. The molecule has 4 rings (SSSR count). The molecule has 0 aliphatic carbocycles. The Hall–Kier alpha value is -4.26. The predicted molar refractivity (Wildman–Crippen MR) is 124 cm³/mol. The average Bonchev–Trinajstić information content (AvgIpc) is 3.13. The third-order valence-electron chi connectivity index (χ3n) is 4.94. The zero-order valence-electron chi connectivity index (χ0n) is 17.7. The fourth-order valence-electron chi connectivity index (χ4n) is 3.32. The van der Waals surface area contributed by atoms with Crippen LogP contribution >= 0.6 is 11.8 Å². The van der Waals surface area contributed by atoms with Crippen molar-refractivity contribution in [3.8, 4) is 5.88 Å². The fourth-order valence-corrected chi connectivity index (χ4v) is 4.32. The van der Waals surface area contributed by atoms with Crippen LogP contribution in [0.1, 0.15) is 23.6 Å². The van der Waals surface area contributed by atoms with E-state index in [1.807, 2.05) is 4.98 Å². The van der Waals surface area contributed by atoms with Crippen LogP contribution in [0.15, 0.2) is 63.1 Å². The number of rotatable bonds is 6. The summed E-state index contributed by atoms with van der Waals surface area (Å²) in [5.41, 5.74) is -1.53. The van der Waals surface area contributed by atoms with Crippen molar-refractivity contribution in [3.63, 3.8) is 0 Å². The second-order valence-corrected chi connectivity index (χ2v) is 8.61. The molecule has 0 spiro atoms. The number of carbonyl (C=O) groups excluding carboxylic acids is 2. The summed E-state index contributed by atoms with van der Waals surface area (Å²) in [7, 11) is 0. The summed E-state index contributed by atoms with van der Waals surface area (Å²) in [6.45, 7) is 0. The molecular weight excluding hydrogens is 484 g/mol. The van der Waals surface area contributed by atoms with Gasteiger partial charge in [0.25, 0.3) is 5.56 Å². The van der Waals surface area contributed by atoms with E-state index in [1.165, 1.54) is 36.4 Å². The average molecular weight is 501 g/mol. The largest absolute Gasteiger partial charge is 0.494 e. The van der Waals surface area contributed by atoms with E-state index < -0.39 is 51.9 Å². The van der Waals surface area contributed by atoms with Gasteiger partial charge in [-0.15, -0.1) is 0 Å². The molecule has 0 saturated carbocycles. The van der Waals surface area contributed by atoms with Gasteiger partial charge in [-0.25, -0.2) is 18.6 Å². The molecule has 2 unspecified atom stereocenters. The Bertz CT molecular complexity index is 1420. The molecular formula is C22H17F2N5O5S. The lowest BCUT2D eigenvalue weighted by atomic mass is 10.0. The van der Waals surface area contributed by atoms with E-state index >= 15 is 0 Å². The summed E-state index contributed by atoms with van der Waals surface area (Å²) in [5.74, 6) is -2.74. The summed E-state index contributed by atoms with van der Waals surface area (Å²) in [4.78, 5) is 57.1. The van der Waals surface area contributed by atoms with Gasteiger partial charge in [0.2, 0.25) is 17.7 Å². The number of H-pyrrole nitrogens is 2. The normalized spacial score (nSPS) is 17.3. The van der Waals surface area contributed by atoms with Crippen molar-refractivity contribution < 1.29 is 23.5 Å². The van der Waals surface area contributed by atoms with Crippen LogP contribution in [-0.2, 0) is 9.59 Å². The van der Waals surface area contributed by atoms with E-state index in [4.69, 9.17) is 0 Å². The second kappa shape index (κ2) is 9.93. The molecule has 2 heterocycles. The highest BCUT2D eigenvalue weighted by Crippen LogP contribution is 2.31. The van der Waals surface area contributed by atoms with Gasteiger partial charge in [-0.2, -0.15) is 0 Å². The van der Waals surface area contributed by atoms with Crippen LogP contribution in [0.25, 0.3) is 0 Å². The van der Waals surface area contributed by atoms with Crippen LogP contribution < -0.4 is 21.9 Å². The molecule has 180 valence electrons. The lowest BCUT2D eigenvalue weighted by Crippen LogP contribution is -2.29. The molecule has 1 aromatic heterocycles. The molecule has 1 aliphatic heterocycles. The number of nitrogens with zero attached hydrogens (tertiary/aromatic N) is 1. The summed E-state index contributed by atoms with van der Waals surface area (Å²) >= 11 is 0.924. The summed E-state index contributed by atoms with van der Waals surface area (Å²) in [6, 6.07) is 8.83. The van der Waals surface area contributed by atoms with Gasteiger partial charge in [0.15, 0.2) is 5.17 Å². The highest BCUT2D eigenvalue weighted by molar-refractivity contribution is 8.15. The Balaban J connectivity index is 1.58. The molecule has 0 radical (unpaired) electrons. The van der Waals surface area contributed by atoms with Crippen LogP contribution in [0.2, 0.25) is 0 Å². The number of amidine groups is 1. The zero-order valence-corrected chi connectivity index (χ0v) is 18.5. The molecule has 2 atom stereocenters. The smallest absolute Gasteiger partial charge is 0.328 e. The minimum absolute atomic E-state index is 0.0499. The second-order valence-electron chi connectivity index (χ2n) is 7.41. The number of hydrogen-bond acceptors (Lipinski definition) is 7. The number of anilines is 1. The quantitative estimate of drug-likeness (QED) is 0.346. The molecule has 2 aromatic carbocycles. The Kier molecular flexibility index (Phi) is 6.78. The number of benzene rings is 2. The van der Waals surface area contributed by atoms with Gasteiger partial charge in [0, 0.05) is 12.1 Å². The van der Waals surface area contributed by atoms with Crippen molar-refractivity contribution in [1.82, 2.24) is 15.3 Å². The van der Waals surface area contributed by atoms with Crippen molar-refractivity contribution in [1.29, 1.82) is 0 Å². The Morgan fingerprint density at radius 1 is 1.03 bits per heavy atom. The maximum atomic E-state index is 13.5. The van der Waals surface area contributed by atoms with E-state index in [2.05, 4.69) is 20.6 Å². The van der Waals surface area contributed by atoms with E-state index in [-0.39, 0.29) is 17.2 Å². The summed E-state index contributed by atoms with van der Waals surface area (Å²) in [6.07, 6.45) is -0.224. The molecule has 0 bridgehead atoms. The van der Waals surface area contributed by atoms with Crippen molar-refractivity contribution in [2.45, 2.75) is 17.7 Å². The molecule has 2 amide bonds. The molecule has 35 heavy (non-hydrogen) atoms. The zero-order chi connectivity index (χ0) is 25.1. The standard InChI is InChI=1S/C22H17F2N5O5S/c23-11-3-1-10(2-4-11)17(16-19(32)27-21(34)28-20(16)33)26-22-29-18(31)14(35-22)9-15(30)25-13-7-5-12(24)6-8-13/h1-8,14,17H,9H2,(H,25,30)(H,26,29,31)(H3,27,28,32,33,34). The van der Waals surface area contributed by atoms with E-state index in [1.54, 1.807) is 0 Å². The Morgan fingerprint density at radius 2 is 1.66 bits per heavy atom. The van der Waals surface area contributed by atoms with Gasteiger partial charge in [-0.05, 0) is 42.0 Å². The van der Waals surface area contributed by atoms with Crippen LogP contribution in [0.3, 0.4) is 0 Å². The first-order valence-electron chi connectivity index (χ1n) is 10.1. The number of aromatic hydroxyl groups is 1. The summed E-state index contributed by atoms with van der Waals surface area (Å²) in [5, 5.41) is 14.5. The lowest BCUT2D eigenvalue weighted by Gasteiger charge is -2.14. The Labute approximate surface area is 199 Å². The van der Waals surface area contributed by atoms with Gasteiger partial charge in [0.1, 0.15) is 28.5 Å². The maximum Gasteiger partial charge on any atom is 0.328 e. The highest BCUT2D eigenvalue weighted by Gasteiger charge is 2.33. The number of aromatic amines is 2. The molecule has 1 aliphatic rings. The molecule has 13 heteroatoms. The van der Waals surface area contributed by atoms with Gasteiger partial charge in [-0.1, -0.05) is 23.9 Å². The van der Waals surface area contributed by atoms with Gasteiger partial charge < -0.3 is 15.7 Å². The minimum Gasteiger partial charge on any atom is -0.494 e. The first-order chi connectivity index (χ1) is 16.7. The predicted octanol–water partition coefficient (Wildman–Crippen LogP) is 1.75. The van der Waals surface area contributed by atoms with Gasteiger partial charge in [-0.3, -0.25) is 24.4 Å². The number of nitrogens with one attached hydrogen (secondary N) is 4. The SMILES string of the molecule is O=C(CC1SC(=NC(c2ccc(F)cc2)c2c(O)[nH]c(=O)[nH]c2=O)NC1=O)Nc1ccc(F)cc1. The van der Waals surface area contributed by atoms with Crippen molar-refractivity contribution in [2.24, 2.45) is 4.99 Å². The van der Waals surface area contributed by atoms with Crippen molar-refractivity contribution in [3.05, 3.63) is 92.1 Å². The van der Waals surface area contributed by atoms with E-state index in [0.717, 1.165) is 23.9 Å². The Morgan fingerprint density at radius 3 is 2.29 bits per heavy atom. The highest BCUT2D eigenvalue weighted by atomic mass is 32.2. The number of thioether (sulfide) groups is 1. The number of carbonyl (C=O) groups is 2. The van der Waals surface area contributed by atoms with Crippen LogP contribution in [0, 0.1) is 11.6 Å². The van der Waals surface area contributed by atoms with Crippen LogP contribution in [0.4, 0.5) is 14.5 Å². The summed E-state index contributed by atoms with van der Waals surface area (Å²) < 4.78 is 26.5. The molecule has 5 N–H and O–H groups in total. The van der Waals surface area contributed by atoms with Crippen molar-refractivity contribution in [2.75, 3.05) is 5.32 Å². The van der Waals surface area contributed by atoms with E-state index in [9.17, 15) is 33.1 Å². The molecule has 1 saturated heterocycles. The third kappa shape index (κ3) is 5.63. The van der Waals surface area contributed by atoms with Crippen LogP contribution in [0.5, 0.6) is 5.88 Å². The first kappa shape index (κ1) is 23.9. The fraction of sp³-hybridized carbons (Fsp3) is 0.136. The molecule has 3 aromatic rings. The van der Waals surface area contributed by atoms with Gasteiger partial charge in [0.05, 0.1) is 0 Å². The maximum absolute atomic E-state index is 13.5. The third-order valence-corrected chi connectivity index (χ3v) is 6.04. The number of amides is 2. The number of halogens is 2. The van der Waals surface area contributed by atoms with Gasteiger partial charge >= 0.3 is 5.69 Å². The monoisotopic (exact) mass is 501 g/mol. The van der Waals surface area contributed by atoms with Crippen LogP contribution in [-0.4, -0.2) is 37.3 Å². The topological polar surface area (TPSA) is 157 Å². The number of hydrogen-bond donors (Lipinski definition) is 5.